The van der Waals surface area contributed by atoms with Crippen LogP contribution in [0.5, 0.6) is 5.75 Å². The van der Waals surface area contributed by atoms with Gasteiger partial charge in [-0.3, -0.25) is 19.1 Å². The molecule has 1 N–H and O–H groups in total. The van der Waals surface area contributed by atoms with Crippen LogP contribution in [0, 0.1) is 6.92 Å². The van der Waals surface area contributed by atoms with E-state index in [1.807, 2.05) is 48.7 Å². The third kappa shape index (κ3) is 5.56. The molecule has 6 rings (SSSR count). The molecule has 2 atom stereocenters. The van der Waals surface area contributed by atoms with Gasteiger partial charge in [0.1, 0.15) is 11.6 Å². The highest BCUT2D eigenvalue weighted by atomic mass is 16.5. The van der Waals surface area contributed by atoms with Gasteiger partial charge < -0.3 is 10.1 Å². The van der Waals surface area contributed by atoms with E-state index in [1.165, 1.54) is 5.56 Å². The van der Waals surface area contributed by atoms with E-state index < -0.39 is 0 Å². The number of allylic oxidation sites excluding steroid dienone is 2. The van der Waals surface area contributed by atoms with Crippen molar-refractivity contribution in [2.75, 3.05) is 7.11 Å². The van der Waals surface area contributed by atoms with Crippen LogP contribution < -0.4 is 15.7 Å². The van der Waals surface area contributed by atoms with Crippen molar-refractivity contribution in [3.05, 3.63) is 83.1 Å². The fraction of sp³-hybridized carbons (Fsp3) is 0.393. The number of hydrogen-bond acceptors (Lipinski definition) is 5. The van der Waals surface area contributed by atoms with Gasteiger partial charge in [0.05, 0.1) is 43.0 Å². The zero-order chi connectivity index (χ0) is 24.8. The summed E-state index contributed by atoms with van der Waals surface area (Å²) in [6.07, 6.45) is 15.3. The van der Waals surface area contributed by atoms with E-state index in [0.717, 1.165) is 41.9 Å². The maximum Gasteiger partial charge on any atom is 0.329 e. The lowest BCUT2D eigenvalue weighted by Gasteiger charge is -2.10. The molecule has 35 heavy (non-hydrogen) atoms. The van der Waals surface area contributed by atoms with Crippen LogP contribution in [-0.2, 0) is 6.54 Å². The van der Waals surface area contributed by atoms with E-state index >= 15 is 0 Å². The van der Waals surface area contributed by atoms with Gasteiger partial charge in [-0.05, 0) is 44.4 Å². The Hall–Kier alpha value is -3.61. The van der Waals surface area contributed by atoms with Crippen molar-refractivity contribution in [1.82, 2.24) is 19.4 Å². The van der Waals surface area contributed by atoms with Crippen LogP contribution in [0.3, 0.4) is 0 Å². The summed E-state index contributed by atoms with van der Waals surface area (Å²) in [7, 11) is 1.67. The SMILES string of the molecule is CC.COc1ccc(C)cc1.O=c1n(CC2=NC3C=CCC=CC3N2)c2cnccc2n1C1CC1. The molecule has 7 heteroatoms. The topological polar surface area (TPSA) is 73.4 Å². The molecule has 0 bridgehead atoms. The maximum atomic E-state index is 12.9. The number of hydrogen-bond donors (Lipinski definition) is 1. The molecule has 0 amide bonds. The fourth-order valence-electron chi connectivity index (χ4n) is 4.30. The van der Waals surface area contributed by atoms with Crippen molar-refractivity contribution < 1.29 is 4.74 Å². The molecule has 0 radical (unpaired) electrons. The number of aryl methyl sites for hydroxylation is 1. The first-order valence-corrected chi connectivity index (χ1v) is 12.5. The molecule has 3 heterocycles. The Morgan fingerprint density at radius 2 is 1.80 bits per heavy atom. The number of nitrogens with one attached hydrogen (secondary N) is 1. The number of nitrogens with zero attached hydrogens (tertiary/aromatic N) is 4. The Labute approximate surface area is 206 Å². The van der Waals surface area contributed by atoms with E-state index in [0.29, 0.717) is 12.6 Å². The average molecular weight is 474 g/mol. The normalized spacial score (nSPS) is 19.9. The molecule has 1 aliphatic heterocycles. The van der Waals surface area contributed by atoms with Crippen LogP contribution in [0.2, 0.25) is 0 Å². The Morgan fingerprint density at radius 1 is 1.06 bits per heavy atom. The Balaban J connectivity index is 0.000000222. The first-order valence-electron chi connectivity index (χ1n) is 12.5. The molecule has 0 saturated heterocycles. The van der Waals surface area contributed by atoms with Gasteiger partial charge in [-0.15, -0.1) is 0 Å². The summed E-state index contributed by atoms with van der Waals surface area (Å²) in [5, 5.41) is 3.45. The van der Waals surface area contributed by atoms with Crippen LogP contribution in [0.4, 0.5) is 0 Å². The number of benzene rings is 1. The molecule has 2 aliphatic carbocycles. The molecule has 7 nitrogen and oxygen atoms in total. The summed E-state index contributed by atoms with van der Waals surface area (Å²) in [6, 6.07) is 10.6. The maximum absolute atomic E-state index is 12.9. The quantitative estimate of drug-likeness (QED) is 0.552. The minimum atomic E-state index is 0.0446. The number of fused-ring (bicyclic) bond motifs is 2. The van der Waals surface area contributed by atoms with Crippen molar-refractivity contribution in [2.24, 2.45) is 4.99 Å². The number of ether oxygens (including phenoxy) is 1. The standard InChI is InChI=1S/C18H19N5O.C8H10O.C2H6/c24-18-22(11-17-20-13-4-2-1-3-5-14(13)21-17)16-10-19-9-8-15(16)23(18)12-6-7-12;1-7-3-5-8(9-2)6-4-7;1-2/h2-5,8-10,12-14H,1,6-7,11H2,(H,20,21);3-6H,1-2H3;1-2H3. The number of aromatic nitrogens is 3. The Bertz CT molecular complexity index is 1280. The molecule has 1 aromatic carbocycles. The van der Waals surface area contributed by atoms with Crippen molar-refractivity contribution in [3.8, 4) is 5.75 Å². The number of imidazole rings is 1. The average Bonchev–Trinajstić information content (AvgIpc) is 3.64. The first-order chi connectivity index (χ1) is 17.1. The van der Waals surface area contributed by atoms with E-state index in [9.17, 15) is 4.79 Å². The summed E-state index contributed by atoms with van der Waals surface area (Å²) in [4.78, 5) is 21.9. The van der Waals surface area contributed by atoms with Crippen molar-refractivity contribution in [3.63, 3.8) is 0 Å². The number of rotatable bonds is 4. The number of amidine groups is 1. The van der Waals surface area contributed by atoms with Gasteiger partial charge in [0.15, 0.2) is 0 Å². The van der Waals surface area contributed by atoms with E-state index in [1.54, 1.807) is 24.1 Å². The Kier molecular flexibility index (Phi) is 7.85. The highest BCUT2D eigenvalue weighted by Gasteiger charge is 2.30. The number of aliphatic imine (C=N–C) groups is 1. The Morgan fingerprint density at radius 3 is 2.51 bits per heavy atom. The lowest BCUT2D eigenvalue weighted by atomic mass is 10.1. The third-order valence-corrected chi connectivity index (χ3v) is 6.20. The van der Waals surface area contributed by atoms with Gasteiger partial charge in [0, 0.05) is 12.2 Å². The lowest BCUT2D eigenvalue weighted by molar-refractivity contribution is 0.414. The molecule has 0 spiro atoms. The molecule has 1 saturated carbocycles. The summed E-state index contributed by atoms with van der Waals surface area (Å²) < 4.78 is 8.69. The highest BCUT2D eigenvalue weighted by molar-refractivity contribution is 5.87. The third-order valence-electron chi connectivity index (χ3n) is 6.20. The summed E-state index contributed by atoms with van der Waals surface area (Å²) in [5.41, 5.74) is 3.17. The van der Waals surface area contributed by atoms with Gasteiger partial charge in [-0.25, -0.2) is 4.79 Å². The van der Waals surface area contributed by atoms with Gasteiger partial charge in [0.25, 0.3) is 0 Å². The fourth-order valence-corrected chi connectivity index (χ4v) is 4.30. The van der Waals surface area contributed by atoms with Gasteiger partial charge in [-0.1, -0.05) is 55.8 Å². The van der Waals surface area contributed by atoms with Gasteiger partial charge in [0.2, 0.25) is 0 Å². The minimum absolute atomic E-state index is 0.0446. The van der Waals surface area contributed by atoms with Gasteiger partial charge in [-0.2, -0.15) is 0 Å². The first kappa shape index (κ1) is 24.5. The van der Waals surface area contributed by atoms with Crippen LogP contribution in [0.1, 0.15) is 44.7 Å². The van der Waals surface area contributed by atoms with Gasteiger partial charge >= 0.3 is 5.69 Å². The highest BCUT2D eigenvalue weighted by Crippen LogP contribution is 2.36. The van der Waals surface area contributed by atoms with Crippen LogP contribution in [0.15, 0.2) is 76.8 Å². The molecular weight excluding hydrogens is 438 g/mol. The molecule has 2 aromatic heterocycles. The zero-order valence-electron chi connectivity index (χ0n) is 21.0. The molecule has 3 aliphatic rings. The van der Waals surface area contributed by atoms with E-state index in [-0.39, 0.29) is 17.8 Å². The number of pyridine rings is 1. The zero-order valence-corrected chi connectivity index (χ0v) is 21.0. The second-order valence-corrected chi connectivity index (χ2v) is 8.68. The summed E-state index contributed by atoms with van der Waals surface area (Å²) in [6.45, 7) is 6.52. The molecule has 2 unspecified atom stereocenters. The molecular formula is C28H35N5O2. The van der Waals surface area contributed by atoms with Crippen LogP contribution in [0.25, 0.3) is 11.0 Å². The minimum Gasteiger partial charge on any atom is -0.497 e. The van der Waals surface area contributed by atoms with Crippen molar-refractivity contribution in [2.45, 2.75) is 64.7 Å². The van der Waals surface area contributed by atoms with Crippen molar-refractivity contribution in [1.29, 1.82) is 0 Å². The predicted octanol–water partition coefficient (Wildman–Crippen LogP) is 4.82. The lowest BCUT2D eigenvalue weighted by Crippen LogP contribution is -2.35. The van der Waals surface area contributed by atoms with E-state index in [4.69, 9.17) is 9.73 Å². The second kappa shape index (κ2) is 11.2. The van der Waals surface area contributed by atoms with Crippen LogP contribution >= 0.6 is 0 Å². The van der Waals surface area contributed by atoms with Crippen molar-refractivity contribution >= 4 is 16.9 Å². The molecule has 3 aromatic rings. The molecule has 1 fully saturated rings. The largest absolute Gasteiger partial charge is 0.497 e. The van der Waals surface area contributed by atoms with Crippen LogP contribution in [-0.4, -0.2) is 39.1 Å². The summed E-state index contributed by atoms with van der Waals surface area (Å²) >= 11 is 0. The number of methoxy groups -OCH3 is 1. The second-order valence-electron chi connectivity index (χ2n) is 8.68. The predicted molar refractivity (Wildman–Crippen MR) is 142 cm³/mol. The molecule has 184 valence electrons. The summed E-state index contributed by atoms with van der Waals surface area (Å²) in [5.74, 6) is 1.78. The van der Waals surface area contributed by atoms with E-state index in [2.05, 4.69) is 41.5 Å². The monoisotopic (exact) mass is 473 g/mol. The smallest absolute Gasteiger partial charge is 0.329 e.